The van der Waals surface area contributed by atoms with Crippen LogP contribution in [0.5, 0.6) is 5.75 Å². The number of hydrogen-bond donors (Lipinski definition) is 1. The van der Waals surface area contributed by atoms with Crippen molar-refractivity contribution >= 4 is 39.1 Å². The second-order valence-electron chi connectivity index (χ2n) is 11.1. The summed E-state index contributed by atoms with van der Waals surface area (Å²) in [4.78, 5) is 30.1. The lowest BCUT2D eigenvalue weighted by Crippen LogP contribution is -2.54. The van der Waals surface area contributed by atoms with Crippen LogP contribution in [0.3, 0.4) is 0 Å². The molecule has 2 amide bonds. The normalized spacial score (nSPS) is 12.5. The fourth-order valence-corrected chi connectivity index (χ4v) is 6.70. The number of methoxy groups -OCH3 is 1. The third-order valence-corrected chi connectivity index (χ3v) is 9.99. The van der Waals surface area contributed by atoms with Gasteiger partial charge < -0.3 is 15.0 Å². The molecule has 10 heteroatoms. The van der Waals surface area contributed by atoms with Crippen LogP contribution in [0.4, 0.5) is 5.69 Å². The van der Waals surface area contributed by atoms with E-state index in [-0.39, 0.29) is 40.5 Å². The highest BCUT2D eigenvalue weighted by atomic mass is 35.5. The van der Waals surface area contributed by atoms with Gasteiger partial charge >= 0.3 is 0 Å². The Bertz CT molecular complexity index is 1740. The van der Waals surface area contributed by atoms with E-state index in [1.54, 1.807) is 30.3 Å². The lowest BCUT2D eigenvalue weighted by atomic mass is 10.0. The molecule has 242 valence electrons. The van der Waals surface area contributed by atoms with Crippen molar-refractivity contribution in [3.05, 3.63) is 125 Å². The van der Waals surface area contributed by atoms with Crippen LogP contribution >= 0.6 is 11.6 Å². The number of anilines is 1. The second-order valence-corrected chi connectivity index (χ2v) is 13.4. The summed E-state index contributed by atoms with van der Waals surface area (Å²) in [6.45, 7) is 5.34. The van der Waals surface area contributed by atoms with Gasteiger partial charge in [0.15, 0.2) is 0 Å². The minimum atomic E-state index is -4.24. The van der Waals surface area contributed by atoms with Gasteiger partial charge in [-0.1, -0.05) is 91.3 Å². The van der Waals surface area contributed by atoms with Crippen LogP contribution in [-0.4, -0.2) is 50.9 Å². The van der Waals surface area contributed by atoms with Gasteiger partial charge in [-0.25, -0.2) is 8.42 Å². The Morgan fingerprint density at radius 1 is 0.913 bits per heavy atom. The summed E-state index contributed by atoms with van der Waals surface area (Å²) in [6.07, 6.45) is 0.942. The first-order valence-electron chi connectivity index (χ1n) is 15.1. The molecule has 4 aromatic rings. The smallest absolute Gasteiger partial charge is 0.264 e. The van der Waals surface area contributed by atoms with E-state index >= 15 is 0 Å². The van der Waals surface area contributed by atoms with Crippen molar-refractivity contribution < 1.29 is 22.7 Å². The fourth-order valence-electron chi connectivity index (χ4n) is 5.02. The molecule has 4 aromatic carbocycles. The van der Waals surface area contributed by atoms with E-state index < -0.39 is 28.5 Å². The zero-order valence-electron chi connectivity index (χ0n) is 26.5. The summed E-state index contributed by atoms with van der Waals surface area (Å²) in [6, 6.07) is 28.5. The summed E-state index contributed by atoms with van der Waals surface area (Å²) in [7, 11) is -2.78. The average molecular weight is 662 g/mol. The van der Waals surface area contributed by atoms with Gasteiger partial charge in [-0.15, -0.1) is 0 Å². The van der Waals surface area contributed by atoms with Gasteiger partial charge in [0.05, 0.1) is 22.7 Å². The van der Waals surface area contributed by atoms with Gasteiger partial charge in [-0.2, -0.15) is 0 Å². The molecule has 0 bridgehead atoms. The molecule has 0 aromatic heterocycles. The van der Waals surface area contributed by atoms with Gasteiger partial charge in [-0.05, 0) is 67.3 Å². The van der Waals surface area contributed by atoms with E-state index in [1.807, 2.05) is 75.4 Å². The molecule has 0 radical (unpaired) electrons. The third-order valence-electron chi connectivity index (χ3n) is 7.91. The van der Waals surface area contributed by atoms with Crippen LogP contribution in [0.2, 0.25) is 5.02 Å². The fraction of sp³-hybridized carbons (Fsp3) is 0.278. The number of carbonyl (C=O) groups is 2. The first kappa shape index (κ1) is 34.5. The summed E-state index contributed by atoms with van der Waals surface area (Å²) in [5, 5.41) is 3.24. The minimum absolute atomic E-state index is 0.00976. The highest BCUT2D eigenvalue weighted by molar-refractivity contribution is 7.92. The molecule has 0 aliphatic heterocycles. The molecule has 0 saturated carbocycles. The topological polar surface area (TPSA) is 96.0 Å². The quantitative estimate of drug-likeness (QED) is 0.169. The van der Waals surface area contributed by atoms with Crippen LogP contribution in [0.1, 0.15) is 37.0 Å². The number of aryl methyl sites for hydroxylation is 1. The van der Waals surface area contributed by atoms with Crippen molar-refractivity contribution in [3.8, 4) is 5.75 Å². The molecular weight excluding hydrogens is 622 g/mol. The summed E-state index contributed by atoms with van der Waals surface area (Å²) >= 11 is 6.44. The van der Waals surface area contributed by atoms with Gasteiger partial charge in [-0.3, -0.25) is 13.9 Å². The van der Waals surface area contributed by atoms with E-state index in [0.29, 0.717) is 12.2 Å². The van der Waals surface area contributed by atoms with Crippen molar-refractivity contribution in [3.63, 3.8) is 0 Å². The molecule has 0 saturated heterocycles. The maximum Gasteiger partial charge on any atom is 0.264 e. The first-order chi connectivity index (χ1) is 22.0. The molecule has 4 rings (SSSR count). The molecule has 0 fully saturated rings. The van der Waals surface area contributed by atoms with Crippen LogP contribution in [-0.2, 0) is 32.6 Å². The number of ether oxygens (including phenoxy) is 1. The summed E-state index contributed by atoms with van der Waals surface area (Å²) in [5.74, 6) is -0.500. The lowest BCUT2D eigenvalue weighted by molar-refractivity contribution is -0.140. The van der Waals surface area contributed by atoms with Gasteiger partial charge in [0.25, 0.3) is 10.0 Å². The number of nitrogens with one attached hydrogen (secondary N) is 1. The number of amides is 2. The lowest BCUT2D eigenvalue weighted by Gasteiger charge is -2.34. The molecule has 1 N–H and O–H groups in total. The summed E-state index contributed by atoms with van der Waals surface area (Å²) < 4.78 is 34.6. The molecule has 8 nitrogen and oxygen atoms in total. The Morgan fingerprint density at radius 3 is 2.15 bits per heavy atom. The van der Waals surface area contributed by atoms with Crippen molar-refractivity contribution in [1.82, 2.24) is 10.2 Å². The maximum atomic E-state index is 14.6. The monoisotopic (exact) mass is 661 g/mol. The highest BCUT2D eigenvalue weighted by Crippen LogP contribution is 2.32. The number of hydrogen-bond acceptors (Lipinski definition) is 5. The first-order valence-corrected chi connectivity index (χ1v) is 17.0. The number of benzene rings is 4. The molecule has 0 unspecified atom stereocenters. The molecule has 46 heavy (non-hydrogen) atoms. The Kier molecular flexibility index (Phi) is 11.8. The number of nitrogens with zero attached hydrogens (tertiary/aromatic N) is 2. The maximum absolute atomic E-state index is 14.6. The van der Waals surface area contributed by atoms with Gasteiger partial charge in [0.1, 0.15) is 18.3 Å². The summed E-state index contributed by atoms with van der Waals surface area (Å²) in [5.41, 5.74) is 2.83. The molecule has 0 spiro atoms. The molecule has 0 heterocycles. The van der Waals surface area contributed by atoms with Gasteiger partial charge in [0.2, 0.25) is 11.8 Å². The predicted octanol–water partition coefficient (Wildman–Crippen LogP) is 6.41. The SMILES string of the molecule is CC[C@H](C)NC(=O)[C@@H](Cc1ccccc1)N(Cc1ccccc1C)C(=O)CN(c1ccc(OC)c(Cl)c1)S(=O)(=O)c1ccccc1. The Hall–Kier alpha value is -4.34. The largest absolute Gasteiger partial charge is 0.495 e. The number of halogens is 1. The van der Waals surface area contributed by atoms with E-state index in [1.165, 1.54) is 30.2 Å². The standard InChI is InChI=1S/C36H40ClN3O5S/c1-5-27(3)38-36(42)33(22-28-15-8-6-9-16-28)39(24-29-17-13-12-14-26(29)2)35(41)25-40(30-20-21-34(45-4)32(37)23-30)46(43,44)31-18-10-7-11-19-31/h6-21,23,27,33H,5,22,24-25H2,1-4H3,(H,38,42)/t27-,33+/m0/s1. The van der Waals surface area contributed by atoms with E-state index in [4.69, 9.17) is 16.3 Å². The predicted molar refractivity (Wildman–Crippen MR) is 183 cm³/mol. The van der Waals surface area contributed by atoms with Crippen molar-refractivity contribution in [1.29, 1.82) is 0 Å². The molecule has 0 aliphatic carbocycles. The number of rotatable bonds is 14. The zero-order valence-corrected chi connectivity index (χ0v) is 28.1. The van der Waals surface area contributed by atoms with E-state index in [9.17, 15) is 18.0 Å². The highest BCUT2D eigenvalue weighted by Gasteiger charge is 2.35. The Balaban J connectivity index is 1.83. The molecular formula is C36H40ClN3O5S. The molecule has 2 atom stereocenters. The van der Waals surface area contributed by atoms with Crippen molar-refractivity contribution in [2.75, 3.05) is 18.0 Å². The second kappa shape index (κ2) is 15.8. The average Bonchev–Trinajstić information content (AvgIpc) is 3.06. The van der Waals surface area contributed by atoms with E-state index in [2.05, 4.69) is 5.32 Å². The number of sulfonamides is 1. The van der Waals surface area contributed by atoms with Crippen LogP contribution in [0, 0.1) is 6.92 Å². The molecule has 0 aliphatic rings. The van der Waals surface area contributed by atoms with Crippen LogP contribution in [0.25, 0.3) is 0 Å². The van der Waals surface area contributed by atoms with Crippen LogP contribution < -0.4 is 14.4 Å². The zero-order chi connectivity index (χ0) is 33.3. The number of carbonyl (C=O) groups excluding carboxylic acids is 2. The Labute approximate surface area is 277 Å². The van der Waals surface area contributed by atoms with Gasteiger partial charge in [0, 0.05) is 19.0 Å². The minimum Gasteiger partial charge on any atom is -0.495 e. The van der Waals surface area contributed by atoms with Crippen molar-refractivity contribution in [2.45, 2.75) is 57.1 Å². The Morgan fingerprint density at radius 2 is 1.54 bits per heavy atom. The van der Waals surface area contributed by atoms with Crippen molar-refractivity contribution in [2.24, 2.45) is 0 Å². The third kappa shape index (κ3) is 8.47. The van der Waals surface area contributed by atoms with Crippen LogP contribution in [0.15, 0.2) is 108 Å². The van der Waals surface area contributed by atoms with E-state index in [0.717, 1.165) is 21.0 Å².